The minimum atomic E-state index is -2.52. The van der Waals surface area contributed by atoms with Crippen LogP contribution in [0.25, 0.3) is 0 Å². The molecule has 96 valence electrons. The van der Waals surface area contributed by atoms with Crippen LogP contribution >= 0.6 is 0 Å². The second-order valence-corrected chi connectivity index (χ2v) is 6.42. The third-order valence-electron chi connectivity index (χ3n) is 2.48. The van der Waals surface area contributed by atoms with E-state index in [9.17, 15) is 0 Å². The molecule has 1 atom stereocenters. The smallest absolute Gasteiger partial charge is 0.374 e. The molecule has 0 bridgehead atoms. The van der Waals surface area contributed by atoms with Gasteiger partial charge in [-0.25, -0.2) is 0 Å². The summed E-state index contributed by atoms with van der Waals surface area (Å²) in [4.78, 5) is 0. The number of allylic oxidation sites excluding steroid dienone is 1. The lowest BCUT2D eigenvalue weighted by Crippen LogP contribution is -2.50. The second-order valence-electron chi connectivity index (χ2n) is 3.53. The molecule has 0 rings (SSSR count). The summed E-state index contributed by atoms with van der Waals surface area (Å²) in [6.07, 6.45) is 3.81. The standard InChI is InChI=1S/C12H26O3Si/c1-6-11-12(7-2)16(13-8-3,14-9-4)15-10-5/h6,12H,1,7-11H2,2-5H3. The third kappa shape index (κ3) is 4.37. The van der Waals surface area contributed by atoms with Crippen LogP contribution in [0.2, 0.25) is 5.54 Å². The van der Waals surface area contributed by atoms with Crippen LogP contribution in [0.5, 0.6) is 0 Å². The summed E-state index contributed by atoms with van der Waals surface area (Å²) in [6.45, 7) is 13.8. The molecule has 0 N–H and O–H groups in total. The van der Waals surface area contributed by atoms with Crippen molar-refractivity contribution in [1.29, 1.82) is 0 Å². The Morgan fingerprint density at radius 3 is 1.69 bits per heavy atom. The molecule has 0 saturated carbocycles. The van der Waals surface area contributed by atoms with Crippen molar-refractivity contribution in [3.63, 3.8) is 0 Å². The van der Waals surface area contributed by atoms with Crippen LogP contribution in [0.3, 0.4) is 0 Å². The van der Waals surface area contributed by atoms with Gasteiger partial charge in [-0.3, -0.25) is 0 Å². The molecule has 0 aromatic carbocycles. The summed E-state index contributed by atoms with van der Waals surface area (Å²) in [7, 11) is -2.52. The molecule has 0 fully saturated rings. The van der Waals surface area contributed by atoms with Gasteiger partial charge in [0.25, 0.3) is 0 Å². The van der Waals surface area contributed by atoms with Gasteiger partial charge in [-0.1, -0.05) is 13.0 Å². The van der Waals surface area contributed by atoms with E-state index in [1.807, 2.05) is 26.8 Å². The first-order chi connectivity index (χ1) is 7.70. The van der Waals surface area contributed by atoms with Crippen LogP contribution < -0.4 is 0 Å². The van der Waals surface area contributed by atoms with Gasteiger partial charge in [0.05, 0.1) is 0 Å². The normalized spacial score (nSPS) is 13.8. The first kappa shape index (κ1) is 15.8. The van der Waals surface area contributed by atoms with Gasteiger partial charge < -0.3 is 13.3 Å². The zero-order chi connectivity index (χ0) is 12.4. The van der Waals surface area contributed by atoms with Crippen LogP contribution in [0.4, 0.5) is 0 Å². The molecule has 0 aliphatic heterocycles. The van der Waals surface area contributed by atoms with Crippen LogP contribution in [0.15, 0.2) is 12.7 Å². The van der Waals surface area contributed by atoms with Crippen LogP contribution in [0.1, 0.15) is 40.5 Å². The number of rotatable bonds is 10. The highest BCUT2D eigenvalue weighted by molar-refractivity contribution is 6.62. The van der Waals surface area contributed by atoms with Gasteiger partial charge >= 0.3 is 8.80 Å². The zero-order valence-electron chi connectivity index (χ0n) is 11.1. The van der Waals surface area contributed by atoms with E-state index in [1.165, 1.54) is 0 Å². The van der Waals surface area contributed by atoms with E-state index in [1.54, 1.807) is 0 Å². The predicted octanol–water partition coefficient (Wildman–Crippen LogP) is 3.39. The Hall–Kier alpha value is -0.163. The highest BCUT2D eigenvalue weighted by atomic mass is 28.4. The molecule has 0 spiro atoms. The summed E-state index contributed by atoms with van der Waals surface area (Å²) in [6, 6.07) is 0. The lowest BCUT2D eigenvalue weighted by molar-refractivity contribution is 0.0604. The Kier molecular flexibility index (Phi) is 8.84. The van der Waals surface area contributed by atoms with E-state index in [0.29, 0.717) is 25.4 Å². The molecular weight excluding hydrogens is 220 g/mol. The van der Waals surface area contributed by atoms with Gasteiger partial charge in [0.15, 0.2) is 0 Å². The highest BCUT2D eigenvalue weighted by Gasteiger charge is 2.47. The van der Waals surface area contributed by atoms with E-state index in [2.05, 4.69) is 13.5 Å². The Morgan fingerprint density at radius 2 is 1.44 bits per heavy atom. The number of hydrogen-bond donors (Lipinski definition) is 0. The Morgan fingerprint density at radius 1 is 1.00 bits per heavy atom. The minimum absolute atomic E-state index is 0.324. The highest BCUT2D eigenvalue weighted by Crippen LogP contribution is 2.32. The van der Waals surface area contributed by atoms with Gasteiger partial charge in [-0.2, -0.15) is 0 Å². The topological polar surface area (TPSA) is 27.7 Å². The molecule has 0 radical (unpaired) electrons. The van der Waals surface area contributed by atoms with Crippen LogP contribution in [-0.2, 0) is 13.3 Å². The lowest BCUT2D eigenvalue weighted by atomic mass is 10.2. The predicted molar refractivity (Wildman–Crippen MR) is 69.5 cm³/mol. The molecule has 1 unspecified atom stereocenters. The quantitative estimate of drug-likeness (QED) is 0.437. The molecule has 0 amide bonds. The molecule has 0 saturated heterocycles. The summed E-state index contributed by atoms with van der Waals surface area (Å²) >= 11 is 0. The van der Waals surface area contributed by atoms with Crippen molar-refractivity contribution in [3.05, 3.63) is 12.7 Å². The van der Waals surface area contributed by atoms with Crippen LogP contribution in [0, 0.1) is 0 Å². The van der Waals surface area contributed by atoms with Gasteiger partial charge in [0, 0.05) is 25.4 Å². The molecule has 4 heteroatoms. The number of hydrogen-bond acceptors (Lipinski definition) is 3. The maximum atomic E-state index is 5.86. The molecule has 0 aromatic heterocycles. The Balaban J connectivity index is 4.84. The van der Waals surface area contributed by atoms with Crippen LogP contribution in [-0.4, -0.2) is 28.6 Å². The SMILES string of the molecule is C=CCC(CC)[Si](OCC)(OCC)OCC. The molecular formula is C12H26O3Si. The summed E-state index contributed by atoms with van der Waals surface area (Å²) in [5.74, 6) is 0. The van der Waals surface area contributed by atoms with Crippen molar-refractivity contribution in [2.45, 2.75) is 46.1 Å². The van der Waals surface area contributed by atoms with Crippen molar-refractivity contribution in [3.8, 4) is 0 Å². The van der Waals surface area contributed by atoms with E-state index < -0.39 is 8.80 Å². The van der Waals surface area contributed by atoms with Gasteiger partial charge in [0.2, 0.25) is 0 Å². The maximum absolute atomic E-state index is 5.86. The second kappa shape index (κ2) is 8.93. The largest absolute Gasteiger partial charge is 0.504 e. The monoisotopic (exact) mass is 246 g/mol. The average Bonchev–Trinajstić information content (AvgIpc) is 2.26. The first-order valence-electron chi connectivity index (χ1n) is 6.23. The average molecular weight is 246 g/mol. The van der Waals surface area contributed by atoms with Crippen molar-refractivity contribution in [2.75, 3.05) is 19.8 Å². The Bertz CT molecular complexity index is 168. The molecule has 0 heterocycles. The van der Waals surface area contributed by atoms with Crippen molar-refractivity contribution < 1.29 is 13.3 Å². The summed E-state index contributed by atoms with van der Waals surface area (Å²) < 4.78 is 17.6. The zero-order valence-corrected chi connectivity index (χ0v) is 12.1. The summed E-state index contributed by atoms with van der Waals surface area (Å²) in [5, 5.41) is 0. The fourth-order valence-corrected chi connectivity index (χ4v) is 4.96. The van der Waals surface area contributed by atoms with E-state index in [0.717, 1.165) is 12.8 Å². The van der Waals surface area contributed by atoms with E-state index in [-0.39, 0.29) is 0 Å². The molecule has 0 aliphatic rings. The van der Waals surface area contributed by atoms with Crippen molar-refractivity contribution >= 4 is 8.80 Å². The van der Waals surface area contributed by atoms with Gasteiger partial charge in [0.1, 0.15) is 0 Å². The molecule has 3 nitrogen and oxygen atoms in total. The van der Waals surface area contributed by atoms with Crippen molar-refractivity contribution in [1.82, 2.24) is 0 Å². The van der Waals surface area contributed by atoms with Gasteiger partial charge in [-0.15, -0.1) is 6.58 Å². The molecule has 0 aromatic rings. The Labute approximate surface area is 101 Å². The van der Waals surface area contributed by atoms with Gasteiger partial charge in [-0.05, 0) is 33.6 Å². The fraction of sp³-hybridized carbons (Fsp3) is 0.833. The molecule has 0 aliphatic carbocycles. The maximum Gasteiger partial charge on any atom is 0.504 e. The summed E-state index contributed by atoms with van der Waals surface area (Å²) in [5.41, 5.74) is 0.324. The lowest BCUT2D eigenvalue weighted by Gasteiger charge is -2.34. The molecule has 16 heavy (non-hydrogen) atoms. The minimum Gasteiger partial charge on any atom is -0.374 e. The fourth-order valence-electron chi connectivity index (χ4n) is 1.84. The van der Waals surface area contributed by atoms with E-state index in [4.69, 9.17) is 13.3 Å². The third-order valence-corrected chi connectivity index (χ3v) is 6.20. The first-order valence-corrected chi connectivity index (χ1v) is 8.03. The van der Waals surface area contributed by atoms with Crippen molar-refractivity contribution in [2.24, 2.45) is 0 Å². The van der Waals surface area contributed by atoms with E-state index >= 15 is 0 Å².